The predicted molar refractivity (Wildman–Crippen MR) is 117 cm³/mol. The van der Waals surface area contributed by atoms with E-state index in [0.29, 0.717) is 13.0 Å². The topological polar surface area (TPSA) is 69.9 Å². The molecule has 3 rings (SSSR count). The van der Waals surface area contributed by atoms with E-state index >= 15 is 0 Å². The first-order chi connectivity index (χ1) is 12.5. The average Bonchev–Trinajstić information content (AvgIpc) is 3.22. The second-order valence-electron chi connectivity index (χ2n) is 8.57. The van der Waals surface area contributed by atoms with Crippen LogP contribution >= 0.6 is 24.8 Å². The number of nitrogens with two attached hydrogens (primary N) is 1. The van der Waals surface area contributed by atoms with Crippen LogP contribution in [0.1, 0.15) is 58.3 Å². The SMILES string of the molecule is CC(C(=O)N1CCCC1)N1CCN(C(=O)CC2(CN)CCCCC2)CC1.Cl.Cl. The summed E-state index contributed by atoms with van der Waals surface area (Å²) < 4.78 is 0. The van der Waals surface area contributed by atoms with E-state index in [2.05, 4.69) is 4.90 Å². The van der Waals surface area contributed by atoms with Crippen molar-refractivity contribution in [1.29, 1.82) is 0 Å². The highest BCUT2D eigenvalue weighted by Crippen LogP contribution is 2.38. The molecule has 28 heavy (non-hydrogen) atoms. The summed E-state index contributed by atoms with van der Waals surface area (Å²) >= 11 is 0. The standard InChI is InChI=1S/C20H36N4O2.2ClH/c1-17(19(26)24-9-5-6-10-24)22-11-13-23(14-12-22)18(25)15-20(16-21)7-3-2-4-8-20;;/h17H,2-16,21H2,1H3;2*1H. The molecule has 0 bridgehead atoms. The van der Waals surface area contributed by atoms with Crippen molar-refractivity contribution in [3.05, 3.63) is 0 Å². The van der Waals surface area contributed by atoms with Gasteiger partial charge in [-0.3, -0.25) is 14.5 Å². The second-order valence-corrected chi connectivity index (χ2v) is 8.57. The third kappa shape index (κ3) is 5.97. The minimum Gasteiger partial charge on any atom is -0.341 e. The normalized spacial score (nSPS) is 23.5. The number of piperazine rings is 1. The van der Waals surface area contributed by atoms with Crippen molar-refractivity contribution in [2.24, 2.45) is 11.1 Å². The highest BCUT2D eigenvalue weighted by molar-refractivity contribution is 5.85. The molecule has 1 atom stereocenters. The molecule has 0 radical (unpaired) electrons. The molecule has 1 aliphatic carbocycles. The van der Waals surface area contributed by atoms with E-state index in [0.717, 1.165) is 65.0 Å². The molecule has 0 aromatic heterocycles. The van der Waals surface area contributed by atoms with Crippen LogP contribution in [-0.4, -0.2) is 78.4 Å². The Labute approximate surface area is 182 Å². The van der Waals surface area contributed by atoms with Crippen molar-refractivity contribution in [3.63, 3.8) is 0 Å². The van der Waals surface area contributed by atoms with Gasteiger partial charge in [-0.05, 0) is 44.6 Å². The van der Waals surface area contributed by atoms with Gasteiger partial charge in [-0.15, -0.1) is 24.8 Å². The Kier molecular flexibility index (Phi) is 10.5. The molecular weight excluding hydrogens is 399 g/mol. The molecule has 0 spiro atoms. The van der Waals surface area contributed by atoms with Crippen LogP contribution in [0.4, 0.5) is 0 Å². The number of carbonyl (C=O) groups excluding carboxylic acids is 2. The maximum atomic E-state index is 12.8. The van der Waals surface area contributed by atoms with Gasteiger partial charge < -0.3 is 15.5 Å². The van der Waals surface area contributed by atoms with Crippen molar-refractivity contribution < 1.29 is 9.59 Å². The van der Waals surface area contributed by atoms with E-state index in [1.54, 1.807) is 0 Å². The maximum Gasteiger partial charge on any atom is 0.239 e. The van der Waals surface area contributed by atoms with Crippen LogP contribution in [0.2, 0.25) is 0 Å². The summed E-state index contributed by atoms with van der Waals surface area (Å²) in [6.07, 6.45) is 8.73. The Morgan fingerprint density at radius 1 is 0.857 bits per heavy atom. The molecular formula is C20H38Cl2N4O2. The largest absolute Gasteiger partial charge is 0.341 e. The Morgan fingerprint density at radius 3 is 1.96 bits per heavy atom. The fourth-order valence-corrected chi connectivity index (χ4v) is 4.90. The monoisotopic (exact) mass is 436 g/mol. The van der Waals surface area contributed by atoms with Crippen molar-refractivity contribution >= 4 is 36.6 Å². The third-order valence-electron chi connectivity index (χ3n) is 6.86. The first-order valence-electron chi connectivity index (χ1n) is 10.6. The number of rotatable bonds is 5. The lowest BCUT2D eigenvalue weighted by atomic mass is 9.71. The van der Waals surface area contributed by atoms with Crippen LogP contribution in [0, 0.1) is 5.41 Å². The van der Waals surface area contributed by atoms with Crippen LogP contribution in [-0.2, 0) is 9.59 Å². The van der Waals surface area contributed by atoms with Gasteiger partial charge in [0.15, 0.2) is 0 Å². The first kappa shape index (κ1) is 25.5. The van der Waals surface area contributed by atoms with Crippen LogP contribution in [0.3, 0.4) is 0 Å². The minimum absolute atomic E-state index is 0. The fraction of sp³-hybridized carbons (Fsp3) is 0.900. The van der Waals surface area contributed by atoms with Gasteiger partial charge in [-0.1, -0.05) is 19.3 Å². The molecule has 2 aliphatic heterocycles. The van der Waals surface area contributed by atoms with Crippen molar-refractivity contribution in [1.82, 2.24) is 14.7 Å². The molecule has 8 heteroatoms. The summed E-state index contributed by atoms with van der Waals surface area (Å²) in [6.45, 7) is 7.51. The van der Waals surface area contributed by atoms with E-state index in [1.165, 1.54) is 19.3 Å². The highest BCUT2D eigenvalue weighted by Gasteiger charge is 2.36. The summed E-state index contributed by atoms with van der Waals surface area (Å²) in [5.74, 6) is 0.516. The second kappa shape index (κ2) is 11.6. The van der Waals surface area contributed by atoms with Gasteiger partial charge in [0.1, 0.15) is 0 Å². The zero-order valence-corrected chi connectivity index (χ0v) is 18.9. The van der Waals surface area contributed by atoms with Crippen LogP contribution in [0.5, 0.6) is 0 Å². The molecule has 2 heterocycles. The smallest absolute Gasteiger partial charge is 0.239 e. The lowest BCUT2D eigenvalue weighted by molar-refractivity contribution is -0.139. The Bertz CT molecular complexity index is 500. The summed E-state index contributed by atoms with van der Waals surface area (Å²) in [5, 5.41) is 0. The first-order valence-corrected chi connectivity index (χ1v) is 10.6. The number of hydrogen-bond donors (Lipinski definition) is 1. The summed E-state index contributed by atoms with van der Waals surface area (Å²) in [4.78, 5) is 31.7. The Morgan fingerprint density at radius 2 is 1.43 bits per heavy atom. The van der Waals surface area contributed by atoms with Crippen LogP contribution in [0.15, 0.2) is 0 Å². The average molecular weight is 437 g/mol. The molecule has 0 aromatic rings. The van der Waals surface area contributed by atoms with Gasteiger partial charge in [0.05, 0.1) is 6.04 Å². The number of halogens is 2. The molecule has 164 valence electrons. The molecule has 2 saturated heterocycles. The minimum atomic E-state index is -0.0703. The summed E-state index contributed by atoms with van der Waals surface area (Å²) in [7, 11) is 0. The fourth-order valence-electron chi connectivity index (χ4n) is 4.90. The lowest BCUT2D eigenvalue weighted by Crippen LogP contribution is -2.55. The number of carbonyl (C=O) groups is 2. The number of hydrogen-bond acceptors (Lipinski definition) is 4. The van der Waals surface area contributed by atoms with E-state index in [9.17, 15) is 9.59 Å². The number of amides is 2. The predicted octanol–water partition coefficient (Wildman–Crippen LogP) is 2.28. The van der Waals surface area contributed by atoms with Crippen LogP contribution in [0.25, 0.3) is 0 Å². The summed E-state index contributed by atoms with van der Waals surface area (Å²) in [5.41, 5.74) is 6.08. The van der Waals surface area contributed by atoms with Crippen molar-refractivity contribution in [3.8, 4) is 0 Å². The Hall–Kier alpha value is -0.560. The molecule has 2 amide bonds. The molecule has 2 N–H and O–H groups in total. The van der Waals surface area contributed by atoms with Gasteiger partial charge in [-0.2, -0.15) is 0 Å². The number of likely N-dealkylation sites (tertiary alicyclic amines) is 1. The van der Waals surface area contributed by atoms with Gasteiger partial charge in [0, 0.05) is 45.7 Å². The molecule has 1 unspecified atom stereocenters. The zero-order valence-electron chi connectivity index (χ0n) is 17.2. The van der Waals surface area contributed by atoms with Gasteiger partial charge in [0.25, 0.3) is 0 Å². The third-order valence-corrected chi connectivity index (χ3v) is 6.86. The van der Waals surface area contributed by atoms with E-state index in [1.807, 2.05) is 16.7 Å². The molecule has 3 aliphatic rings. The highest BCUT2D eigenvalue weighted by atomic mass is 35.5. The van der Waals surface area contributed by atoms with E-state index in [4.69, 9.17) is 5.73 Å². The summed E-state index contributed by atoms with van der Waals surface area (Å²) in [6, 6.07) is -0.0703. The molecule has 0 aromatic carbocycles. The van der Waals surface area contributed by atoms with Gasteiger partial charge in [-0.25, -0.2) is 0 Å². The van der Waals surface area contributed by atoms with Crippen molar-refractivity contribution in [2.45, 2.75) is 64.3 Å². The lowest BCUT2D eigenvalue weighted by Gasteiger charge is -2.41. The molecule has 6 nitrogen and oxygen atoms in total. The van der Waals surface area contributed by atoms with E-state index < -0.39 is 0 Å². The van der Waals surface area contributed by atoms with Gasteiger partial charge >= 0.3 is 0 Å². The van der Waals surface area contributed by atoms with Crippen molar-refractivity contribution in [2.75, 3.05) is 45.8 Å². The quantitative estimate of drug-likeness (QED) is 0.717. The van der Waals surface area contributed by atoms with Gasteiger partial charge in [0.2, 0.25) is 11.8 Å². The zero-order chi connectivity index (χ0) is 18.6. The maximum absolute atomic E-state index is 12.8. The van der Waals surface area contributed by atoms with E-state index in [-0.39, 0.29) is 48.1 Å². The Balaban J connectivity index is 0.00000196. The molecule has 1 saturated carbocycles. The molecule has 3 fully saturated rings. The number of nitrogens with zero attached hydrogens (tertiary/aromatic N) is 3. The van der Waals surface area contributed by atoms with Crippen LogP contribution < -0.4 is 5.73 Å².